The van der Waals surface area contributed by atoms with Gasteiger partial charge in [-0.15, -0.1) is 11.3 Å². The molecule has 0 fully saturated rings. The van der Waals surface area contributed by atoms with Crippen molar-refractivity contribution in [3.8, 4) is 0 Å². The molecule has 0 saturated carbocycles. The van der Waals surface area contributed by atoms with E-state index in [4.69, 9.17) is 0 Å². The second-order valence-corrected chi connectivity index (χ2v) is 4.04. The van der Waals surface area contributed by atoms with Crippen LogP contribution in [0.25, 0.3) is 0 Å². The predicted molar refractivity (Wildman–Crippen MR) is 53.9 cm³/mol. The minimum absolute atomic E-state index is 0.363. The number of thiazole rings is 1. The molecule has 1 heterocycles. The van der Waals surface area contributed by atoms with Gasteiger partial charge in [0.1, 0.15) is 0 Å². The van der Waals surface area contributed by atoms with Gasteiger partial charge in [-0.25, -0.2) is 8.78 Å². The zero-order chi connectivity index (χ0) is 10.4. The second kappa shape index (κ2) is 6.03. The highest BCUT2D eigenvalue weighted by Crippen LogP contribution is 2.12. The van der Waals surface area contributed by atoms with Gasteiger partial charge in [-0.2, -0.15) is 0 Å². The van der Waals surface area contributed by atoms with E-state index in [9.17, 15) is 8.78 Å². The Morgan fingerprint density at radius 2 is 2.36 bits per heavy atom. The summed E-state index contributed by atoms with van der Waals surface area (Å²) in [6.07, 6.45) is 0.561. The van der Waals surface area contributed by atoms with Gasteiger partial charge in [0.05, 0.1) is 11.6 Å². The Morgan fingerprint density at radius 3 is 2.86 bits per heavy atom. The molecule has 1 N–H and O–H groups in total. The smallest absolute Gasteiger partial charge is 0.254 e. The van der Waals surface area contributed by atoms with Crippen LogP contribution in [0.3, 0.4) is 0 Å². The van der Waals surface area contributed by atoms with E-state index in [0.717, 1.165) is 11.3 Å². The third kappa shape index (κ3) is 3.67. The SMILES string of the molecule is CCCNC(Cc1cncs1)C(F)F. The lowest BCUT2D eigenvalue weighted by Crippen LogP contribution is -2.37. The lowest BCUT2D eigenvalue weighted by Gasteiger charge is -2.16. The van der Waals surface area contributed by atoms with Crippen LogP contribution < -0.4 is 5.32 Å². The Hall–Kier alpha value is -0.550. The zero-order valence-corrected chi connectivity index (χ0v) is 8.86. The van der Waals surface area contributed by atoms with Gasteiger partial charge in [0, 0.05) is 17.5 Å². The number of alkyl halides is 2. The minimum Gasteiger partial charge on any atom is -0.309 e. The maximum absolute atomic E-state index is 12.5. The molecule has 0 saturated heterocycles. The van der Waals surface area contributed by atoms with Gasteiger partial charge in [0.2, 0.25) is 0 Å². The van der Waals surface area contributed by atoms with E-state index in [1.807, 2.05) is 6.92 Å². The average molecular weight is 220 g/mol. The Balaban J connectivity index is 2.43. The van der Waals surface area contributed by atoms with Crippen molar-refractivity contribution in [1.29, 1.82) is 0 Å². The highest BCUT2D eigenvalue weighted by Gasteiger charge is 2.20. The number of hydrogen-bond donors (Lipinski definition) is 1. The molecule has 0 amide bonds. The van der Waals surface area contributed by atoms with Crippen LogP contribution in [0.4, 0.5) is 8.78 Å². The molecule has 1 aromatic heterocycles. The van der Waals surface area contributed by atoms with Crippen LogP contribution in [0.5, 0.6) is 0 Å². The van der Waals surface area contributed by atoms with Gasteiger partial charge in [-0.3, -0.25) is 4.98 Å². The quantitative estimate of drug-likeness (QED) is 0.795. The molecule has 1 rings (SSSR count). The fourth-order valence-corrected chi connectivity index (χ4v) is 1.79. The topological polar surface area (TPSA) is 24.9 Å². The van der Waals surface area contributed by atoms with E-state index in [1.54, 1.807) is 11.7 Å². The monoisotopic (exact) mass is 220 g/mol. The number of rotatable bonds is 6. The van der Waals surface area contributed by atoms with Gasteiger partial charge >= 0.3 is 0 Å². The first-order valence-corrected chi connectivity index (χ1v) is 5.51. The Bertz CT molecular complexity index is 239. The van der Waals surface area contributed by atoms with Crippen molar-refractivity contribution in [1.82, 2.24) is 10.3 Å². The molecule has 0 aliphatic heterocycles. The second-order valence-electron chi connectivity index (χ2n) is 3.07. The molecule has 80 valence electrons. The summed E-state index contributed by atoms with van der Waals surface area (Å²) in [6.45, 7) is 2.59. The third-order valence-corrected chi connectivity index (χ3v) is 2.67. The van der Waals surface area contributed by atoms with Gasteiger partial charge < -0.3 is 5.32 Å². The molecular weight excluding hydrogens is 206 g/mol. The molecule has 2 nitrogen and oxygen atoms in total. The average Bonchev–Trinajstić information content (AvgIpc) is 2.64. The molecule has 1 atom stereocenters. The Kier molecular flexibility index (Phi) is 4.97. The summed E-state index contributed by atoms with van der Waals surface area (Å²) in [5.41, 5.74) is 1.66. The van der Waals surface area contributed by atoms with Crippen molar-refractivity contribution < 1.29 is 8.78 Å². The van der Waals surface area contributed by atoms with Crippen molar-refractivity contribution in [3.05, 3.63) is 16.6 Å². The molecule has 0 aliphatic rings. The summed E-state index contributed by atoms with van der Waals surface area (Å²) in [5.74, 6) is 0. The first-order chi connectivity index (χ1) is 6.74. The lowest BCUT2D eigenvalue weighted by atomic mass is 10.2. The molecule has 0 radical (unpaired) electrons. The van der Waals surface area contributed by atoms with Crippen LogP contribution >= 0.6 is 11.3 Å². The number of aromatic nitrogens is 1. The maximum Gasteiger partial charge on any atom is 0.254 e. The molecule has 0 spiro atoms. The van der Waals surface area contributed by atoms with Crippen LogP contribution in [-0.2, 0) is 6.42 Å². The summed E-state index contributed by atoms with van der Waals surface area (Å²) in [5, 5.41) is 2.84. The van der Waals surface area contributed by atoms with Gasteiger partial charge in [-0.05, 0) is 13.0 Å². The van der Waals surface area contributed by atoms with Gasteiger partial charge in [-0.1, -0.05) is 6.92 Å². The molecule has 0 bridgehead atoms. The molecule has 14 heavy (non-hydrogen) atoms. The van der Waals surface area contributed by atoms with Crippen LogP contribution in [-0.4, -0.2) is 24.0 Å². The minimum atomic E-state index is -2.32. The molecule has 1 unspecified atom stereocenters. The zero-order valence-electron chi connectivity index (χ0n) is 8.04. The van der Waals surface area contributed by atoms with Gasteiger partial charge in [0.15, 0.2) is 0 Å². The molecule has 5 heteroatoms. The number of nitrogens with one attached hydrogen (secondary N) is 1. The van der Waals surface area contributed by atoms with Gasteiger partial charge in [0.25, 0.3) is 6.43 Å². The summed E-state index contributed by atoms with van der Waals surface area (Å²) in [4.78, 5) is 4.76. The first kappa shape index (κ1) is 11.5. The van der Waals surface area contributed by atoms with Crippen molar-refractivity contribution in [3.63, 3.8) is 0 Å². The number of halogens is 2. The van der Waals surface area contributed by atoms with Crippen molar-refractivity contribution in [2.45, 2.75) is 32.2 Å². The molecular formula is C9H14F2N2S. The normalized spacial score (nSPS) is 13.4. The Labute approximate surface area is 86.4 Å². The van der Waals surface area contributed by atoms with Crippen molar-refractivity contribution >= 4 is 11.3 Å². The van der Waals surface area contributed by atoms with E-state index in [1.165, 1.54) is 11.3 Å². The highest BCUT2D eigenvalue weighted by molar-refractivity contribution is 7.09. The van der Waals surface area contributed by atoms with E-state index >= 15 is 0 Å². The standard InChI is InChI=1S/C9H14F2N2S/c1-2-3-13-8(9(10)11)4-7-5-12-6-14-7/h5-6,8-9,13H,2-4H2,1H3. The van der Waals surface area contributed by atoms with E-state index < -0.39 is 12.5 Å². The summed E-state index contributed by atoms with van der Waals surface area (Å²) in [6, 6.07) is -0.740. The number of hydrogen-bond acceptors (Lipinski definition) is 3. The summed E-state index contributed by atoms with van der Waals surface area (Å²) >= 11 is 1.42. The number of nitrogens with zero attached hydrogens (tertiary/aromatic N) is 1. The van der Waals surface area contributed by atoms with Crippen LogP contribution in [0.1, 0.15) is 18.2 Å². The summed E-state index contributed by atoms with van der Waals surface area (Å²) in [7, 11) is 0. The largest absolute Gasteiger partial charge is 0.309 e. The molecule has 0 aliphatic carbocycles. The lowest BCUT2D eigenvalue weighted by molar-refractivity contribution is 0.0986. The third-order valence-electron chi connectivity index (χ3n) is 1.87. The fourth-order valence-electron chi connectivity index (χ4n) is 1.14. The molecule has 1 aromatic rings. The summed E-state index contributed by atoms with van der Waals surface area (Å²) < 4.78 is 25.1. The Morgan fingerprint density at radius 1 is 1.57 bits per heavy atom. The fraction of sp³-hybridized carbons (Fsp3) is 0.667. The molecule has 0 aromatic carbocycles. The van der Waals surface area contributed by atoms with E-state index in [2.05, 4.69) is 10.3 Å². The van der Waals surface area contributed by atoms with Crippen LogP contribution in [0, 0.1) is 0 Å². The van der Waals surface area contributed by atoms with Crippen LogP contribution in [0.2, 0.25) is 0 Å². The maximum atomic E-state index is 12.5. The van der Waals surface area contributed by atoms with E-state index in [-0.39, 0.29) is 0 Å². The van der Waals surface area contributed by atoms with Crippen molar-refractivity contribution in [2.75, 3.05) is 6.54 Å². The van der Waals surface area contributed by atoms with Crippen LogP contribution in [0.15, 0.2) is 11.7 Å². The van der Waals surface area contributed by atoms with E-state index in [0.29, 0.717) is 13.0 Å². The van der Waals surface area contributed by atoms with Crippen molar-refractivity contribution in [2.24, 2.45) is 0 Å². The predicted octanol–water partition coefficient (Wildman–Crippen LogP) is 2.32. The highest BCUT2D eigenvalue weighted by atomic mass is 32.1. The first-order valence-electron chi connectivity index (χ1n) is 4.63.